The first kappa shape index (κ1) is 11.4. The number of carbonyl (C=O) groups excluding carboxylic acids is 1. The van der Waals surface area contributed by atoms with Crippen LogP contribution in [0.5, 0.6) is 5.75 Å². The van der Waals surface area contributed by atoms with Gasteiger partial charge in [-0.1, -0.05) is 12.1 Å². The second-order valence-corrected chi connectivity index (χ2v) is 3.74. The number of hydrogen-bond donors (Lipinski definition) is 2. The highest BCUT2D eigenvalue weighted by Crippen LogP contribution is 2.15. The van der Waals surface area contributed by atoms with Crippen LogP contribution in [0.4, 0.5) is 0 Å². The Kier molecular flexibility index (Phi) is 3.25. The van der Waals surface area contributed by atoms with Gasteiger partial charge in [0.05, 0.1) is 6.54 Å². The van der Waals surface area contributed by atoms with Gasteiger partial charge in [-0.05, 0) is 29.8 Å². The third-order valence-electron chi connectivity index (χ3n) is 2.41. The highest BCUT2D eigenvalue weighted by atomic mass is 16.3. The Labute approximate surface area is 98.7 Å². The van der Waals surface area contributed by atoms with Crippen molar-refractivity contribution < 1.29 is 14.3 Å². The van der Waals surface area contributed by atoms with Crippen molar-refractivity contribution in [2.45, 2.75) is 13.0 Å². The Morgan fingerprint density at radius 2 is 2.12 bits per heavy atom. The largest absolute Gasteiger partial charge is 0.508 e. The third kappa shape index (κ3) is 2.73. The van der Waals surface area contributed by atoms with Gasteiger partial charge in [0.15, 0.2) is 5.76 Å². The number of Topliss-reactive ketones (excluding diaryl/α,β-unsaturated/α-hetero) is 1. The van der Waals surface area contributed by atoms with Crippen molar-refractivity contribution in [3.63, 3.8) is 0 Å². The maximum Gasteiger partial charge on any atom is 0.202 e. The van der Waals surface area contributed by atoms with Crippen molar-refractivity contribution in [3.05, 3.63) is 53.5 Å². The van der Waals surface area contributed by atoms with Gasteiger partial charge in [0.25, 0.3) is 0 Å². The lowest BCUT2D eigenvalue weighted by Crippen LogP contribution is -2.02. The van der Waals surface area contributed by atoms with Crippen LogP contribution in [0.15, 0.2) is 40.8 Å². The summed E-state index contributed by atoms with van der Waals surface area (Å²) in [5.74, 6) is 0.908. The number of carbonyl (C=O) groups is 1. The molecule has 0 spiro atoms. The summed E-state index contributed by atoms with van der Waals surface area (Å²) in [5.41, 5.74) is 6.15. The van der Waals surface area contributed by atoms with E-state index in [0.717, 1.165) is 5.56 Å². The lowest BCUT2D eigenvalue weighted by molar-refractivity contribution is 0.0964. The van der Waals surface area contributed by atoms with E-state index in [0.29, 0.717) is 11.5 Å². The Bertz CT molecular complexity index is 531. The van der Waals surface area contributed by atoms with Crippen molar-refractivity contribution in [1.82, 2.24) is 0 Å². The summed E-state index contributed by atoms with van der Waals surface area (Å²) in [6, 6.07) is 9.91. The predicted octanol–water partition coefficient (Wildman–Crippen LogP) is 1.87. The highest BCUT2D eigenvalue weighted by molar-refractivity contribution is 5.95. The topological polar surface area (TPSA) is 76.5 Å². The van der Waals surface area contributed by atoms with Crippen LogP contribution in [-0.2, 0) is 13.0 Å². The molecule has 1 aromatic heterocycles. The molecule has 1 aromatic carbocycles. The van der Waals surface area contributed by atoms with Gasteiger partial charge in [-0.3, -0.25) is 4.79 Å². The van der Waals surface area contributed by atoms with E-state index in [4.69, 9.17) is 10.2 Å². The van der Waals surface area contributed by atoms with Crippen LogP contribution in [0.1, 0.15) is 21.9 Å². The van der Waals surface area contributed by atoms with Gasteiger partial charge < -0.3 is 15.3 Å². The maximum atomic E-state index is 11.8. The number of nitrogens with two attached hydrogens (primary N) is 1. The molecule has 2 aromatic rings. The zero-order valence-corrected chi connectivity index (χ0v) is 9.22. The highest BCUT2D eigenvalue weighted by Gasteiger charge is 2.11. The molecule has 0 fully saturated rings. The molecular weight excluding hydrogens is 218 g/mol. The Balaban J connectivity index is 2.11. The van der Waals surface area contributed by atoms with Gasteiger partial charge in [0, 0.05) is 6.42 Å². The molecule has 1 heterocycles. The van der Waals surface area contributed by atoms with E-state index in [1.165, 1.54) is 0 Å². The van der Waals surface area contributed by atoms with Crippen molar-refractivity contribution in [3.8, 4) is 5.75 Å². The predicted molar refractivity (Wildman–Crippen MR) is 62.7 cm³/mol. The minimum Gasteiger partial charge on any atom is -0.508 e. The summed E-state index contributed by atoms with van der Waals surface area (Å²) >= 11 is 0. The lowest BCUT2D eigenvalue weighted by Gasteiger charge is -1.99. The quantitative estimate of drug-likeness (QED) is 0.787. The molecule has 0 bridgehead atoms. The molecule has 0 radical (unpaired) electrons. The molecule has 0 atom stereocenters. The van der Waals surface area contributed by atoms with Crippen LogP contribution in [0.25, 0.3) is 0 Å². The van der Waals surface area contributed by atoms with E-state index in [1.807, 2.05) is 0 Å². The fourth-order valence-electron chi connectivity index (χ4n) is 1.58. The molecule has 0 saturated heterocycles. The van der Waals surface area contributed by atoms with Crippen molar-refractivity contribution in [1.29, 1.82) is 0 Å². The number of benzene rings is 1. The molecule has 4 heteroatoms. The normalized spacial score (nSPS) is 10.4. The van der Waals surface area contributed by atoms with E-state index < -0.39 is 0 Å². The third-order valence-corrected chi connectivity index (χ3v) is 2.41. The molecule has 0 aliphatic rings. The number of ketones is 1. The summed E-state index contributed by atoms with van der Waals surface area (Å²) in [6.45, 7) is 0.277. The zero-order valence-electron chi connectivity index (χ0n) is 9.22. The molecule has 0 aliphatic carbocycles. The minimum absolute atomic E-state index is 0.129. The molecule has 3 N–H and O–H groups in total. The second-order valence-electron chi connectivity index (χ2n) is 3.74. The van der Waals surface area contributed by atoms with E-state index in [-0.39, 0.29) is 24.5 Å². The van der Waals surface area contributed by atoms with Crippen LogP contribution >= 0.6 is 0 Å². The van der Waals surface area contributed by atoms with Gasteiger partial charge in [0.1, 0.15) is 11.5 Å². The van der Waals surface area contributed by atoms with Gasteiger partial charge in [-0.25, -0.2) is 0 Å². The van der Waals surface area contributed by atoms with Gasteiger partial charge >= 0.3 is 0 Å². The van der Waals surface area contributed by atoms with Crippen molar-refractivity contribution >= 4 is 5.78 Å². The van der Waals surface area contributed by atoms with Crippen LogP contribution in [0, 0.1) is 0 Å². The molecule has 2 rings (SSSR count). The Morgan fingerprint density at radius 3 is 2.76 bits per heavy atom. The molecule has 0 amide bonds. The SMILES string of the molecule is NCc1ccc(C(=O)Cc2cccc(O)c2)o1. The van der Waals surface area contributed by atoms with Crippen molar-refractivity contribution in [2.75, 3.05) is 0 Å². The Morgan fingerprint density at radius 1 is 1.29 bits per heavy atom. The van der Waals surface area contributed by atoms with Crippen LogP contribution in [0.3, 0.4) is 0 Å². The van der Waals surface area contributed by atoms with Gasteiger partial charge in [0.2, 0.25) is 5.78 Å². The molecule has 0 unspecified atom stereocenters. The van der Waals surface area contributed by atoms with Crippen molar-refractivity contribution in [2.24, 2.45) is 5.73 Å². The lowest BCUT2D eigenvalue weighted by atomic mass is 10.1. The van der Waals surface area contributed by atoms with E-state index >= 15 is 0 Å². The van der Waals surface area contributed by atoms with Crippen LogP contribution < -0.4 is 5.73 Å². The number of furan rings is 1. The molecule has 17 heavy (non-hydrogen) atoms. The number of hydrogen-bond acceptors (Lipinski definition) is 4. The molecule has 0 saturated carbocycles. The van der Waals surface area contributed by atoms with Gasteiger partial charge in [-0.2, -0.15) is 0 Å². The number of rotatable bonds is 4. The number of phenols is 1. The summed E-state index contributed by atoms with van der Waals surface area (Å²) in [4.78, 5) is 11.8. The average molecular weight is 231 g/mol. The maximum absolute atomic E-state index is 11.8. The second kappa shape index (κ2) is 4.84. The summed E-state index contributed by atoms with van der Waals surface area (Å²) < 4.78 is 5.26. The minimum atomic E-state index is -0.129. The van der Waals surface area contributed by atoms with Crippen LogP contribution in [0.2, 0.25) is 0 Å². The molecule has 4 nitrogen and oxygen atoms in total. The Hall–Kier alpha value is -2.07. The molecular formula is C13H13NO3. The van der Waals surface area contributed by atoms with E-state index in [1.54, 1.807) is 36.4 Å². The standard InChI is InChI=1S/C13H13NO3/c14-8-11-4-5-13(17-11)12(16)7-9-2-1-3-10(15)6-9/h1-6,15H,7-8,14H2. The number of aromatic hydroxyl groups is 1. The average Bonchev–Trinajstić information content (AvgIpc) is 2.77. The van der Waals surface area contributed by atoms with Gasteiger partial charge in [-0.15, -0.1) is 0 Å². The first-order chi connectivity index (χ1) is 8.19. The zero-order chi connectivity index (χ0) is 12.3. The fraction of sp³-hybridized carbons (Fsp3) is 0.154. The fourth-order valence-corrected chi connectivity index (χ4v) is 1.58. The van der Waals surface area contributed by atoms with E-state index in [2.05, 4.69) is 0 Å². The summed E-state index contributed by atoms with van der Waals surface area (Å²) in [7, 11) is 0. The molecule has 0 aliphatic heterocycles. The first-order valence-electron chi connectivity index (χ1n) is 5.29. The number of phenolic OH excluding ortho intramolecular Hbond substituents is 1. The smallest absolute Gasteiger partial charge is 0.202 e. The van der Waals surface area contributed by atoms with E-state index in [9.17, 15) is 9.90 Å². The summed E-state index contributed by atoms with van der Waals surface area (Å²) in [5, 5.41) is 9.29. The summed E-state index contributed by atoms with van der Waals surface area (Å²) in [6.07, 6.45) is 0.200. The monoisotopic (exact) mass is 231 g/mol. The first-order valence-corrected chi connectivity index (χ1v) is 5.29. The molecule has 88 valence electrons. The van der Waals surface area contributed by atoms with Crippen LogP contribution in [-0.4, -0.2) is 10.9 Å².